The molecule has 0 unspecified atom stereocenters. The maximum absolute atomic E-state index is 12.5. The van der Waals surface area contributed by atoms with Crippen LogP contribution >= 0.6 is 0 Å². The predicted molar refractivity (Wildman–Crippen MR) is 123 cm³/mol. The van der Waals surface area contributed by atoms with Crippen LogP contribution in [-0.4, -0.2) is 20.3 Å². The highest BCUT2D eigenvalue weighted by Crippen LogP contribution is 2.30. The summed E-state index contributed by atoms with van der Waals surface area (Å²) in [5.74, 6) is 2.72. The van der Waals surface area contributed by atoms with E-state index in [1.807, 2.05) is 60.7 Å². The van der Waals surface area contributed by atoms with E-state index in [0.717, 1.165) is 16.5 Å². The standard InChI is InChI=1S/C25H22N2O4/c1-29-20-11-13-22(14-12-20)31-21-9-7-19(8-10-21)26-25(28)27-23-15-17-5-3-4-6-18(17)16-24(23)30-2/h3-16H,1-2H3,(H2,26,27,28). The second kappa shape index (κ2) is 9.09. The second-order valence-electron chi connectivity index (χ2n) is 6.78. The van der Waals surface area contributed by atoms with Gasteiger partial charge >= 0.3 is 6.03 Å². The molecule has 6 nitrogen and oxygen atoms in total. The lowest BCUT2D eigenvalue weighted by Crippen LogP contribution is -2.19. The normalized spacial score (nSPS) is 10.4. The number of hydrogen-bond donors (Lipinski definition) is 2. The molecule has 0 aliphatic carbocycles. The summed E-state index contributed by atoms with van der Waals surface area (Å²) in [7, 11) is 3.20. The van der Waals surface area contributed by atoms with Crippen LogP contribution in [0.2, 0.25) is 0 Å². The van der Waals surface area contributed by atoms with E-state index in [1.54, 1.807) is 38.5 Å². The molecule has 2 amide bonds. The molecule has 0 fully saturated rings. The van der Waals surface area contributed by atoms with Gasteiger partial charge in [-0.2, -0.15) is 0 Å². The Balaban J connectivity index is 1.41. The van der Waals surface area contributed by atoms with Crippen LogP contribution in [0.1, 0.15) is 0 Å². The van der Waals surface area contributed by atoms with Crippen molar-refractivity contribution in [2.24, 2.45) is 0 Å². The fourth-order valence-electron chi connectivity index (χ4n) is 3.16. The summed E-state index contributed by atoms with van der Waals surface area (Å²) >= 11 is 0. The molecule has 0 atom stereocenters. The van der Waals surface area contributed by atoms with Gasteiger partial charge in [-0.3, -0.25) is 0 Å². The molecule has 0 aliphatic rings. The van der Waals surface area contributed by atoms with Gasteiger partial charge in [-0.15, -0.1) is 0 Å². The molecular formula is C25H22N2O4. The van der Waals surface area contributed by atoms with Crippen LogP contribution in [0.3, 0.4) is 0 Å². The zero-order valence-electron chi connectivity index (χ0n) is 17.2. The molecule has 4 aromatic carbocycles. The maximum atomic E-state index is 12.5. The van der Waals surface area contributed by atoms with Gasteiger partial charge in [0.05, 0.1) is 19.9 Å². The monoisotopic (exact) mass is 414 g/mol. The molecule has 0 heterocycles. The summed E-state index contributed by atoms with van der Waals surface area (Å²) in [6, 6.07) is 25.8. The molecule has 0 aromatic heterocycles. The van der Waals surface area contributed by atoms with E-state index in [2.05, 4.69) is 10.6 Å². The van der Waals surface area contributed by atoms with E-state index in [0.29, 0.717) is 28.6 Å². The van der Waals surface area contributed by atoms with Crippen molar-refractivity contribution in [3.05, 3.63) is 84.9 Å². The topological polar surface area (TPSA) is 68.8 Å². The third kappa shape index (κ3) is 4.87. The van der Waals surface area contributed by atoms with E-state index < -0.39 is 0 Å². The minimum absolute atomic E-state index is 0.364. The summed E-state index contributed by atoms with van der Waals surface area (Å²) < 4.78 is 16.4. The molecule has 6 heteroatoms. The van der Waals surface area contributed by atoms with Gasteiger partial charge < -0.3 is 24.8 Å². The smallest absolute Gasteiger partial charge is 0.323 e. The quantitative estimate of drug-likeness (QED) is 0.389. The van der Waals surface area contributed by atoms with Crippen molar-refractivity contribution in [1.29, 1.82) is 0 Å². The number of benzene rings is 4. The van der Waals surface area contributed by atoms with Gasteiger partial charge in [0.2, 0.25) is 0 Å². The summed E-state index contributed by atoms with van der Waals surface area (Å²) in [6.45, 7) is 0. The van der Waals surface area contributed by atoms with Crippen molar-refractivity contribution in [2.45, 2.75) is 0 Å². The molecule has 4 aromatic rings. The van der Waals surface area contributed by atoms with Crippen molar-refractivity contribution >= 4 is 28.2 Å². The summed E-state index contributed by atoms with van der Waals surface area (Å²) in [5, 5.41) is 7.72. The van der Waals surface area contributed by atoms with E-state index >= 15 is 0 Å². The molecule has 31 heavy (non-hydrogen) atoms. The number of carbonyl (C=O) groups is 1. The van der Waals surface area contributed by atoms with Crippen molar-refractivity contribution in [3.63, 3.8) is 0 Å². The highest BCUT2D eigenvalue weighted by Gasteiger charge is 2.10. The molecule has 0 spiro atoms. The Morgan fingerprint density at radius 1 is 0.677 bits per heavy atom. The number of ether oxygens (including phenoxy) is 3. The van der Waals surface area contributed by atoms with Crippen LogP contribution in [0, 0.1) is 0 Å². The Kier molecular flexibility index (Phi) is 5.89. The first-order valence-electron chi connectivity index (χ1n) is 9.71. The largest absolute Gasteiger partial charge is 0.497 e. The van der Waals surface area contributed by atoms with E-state index in [1.165, 1.54) is 0 Å². The minimum Gasteiger partial charge on any atom is -0.497 e. The third-order valence-corrected chi connectivity index (χ3v) is 4.72. The SMILES string of the molecule is COc1ccc(Oc2ccc(NC(=O)Nc3cc4ccccc4cc3OC)cc2)cc1. The number of urea groups is 1. The van der Waals surface area contributed by atoms with Crippen molar-refractivity contribution in [3.8, 4) is 23.0 Å². The third-order valence-electron chi connectivity index (χ3n) is 4.72. The van der Waals surface area contributed by atoms with Crippen LogP contribution in [0.5, 0.6) is 23.0 Å². The summed E-state index contributed by atoms with van der Waals surface area (Å²) in [5.41, 5.74) is 1.23. The highest BCUT2D eigenvalue weighted by molar-refractivity contribution is 6.02. The first-order valence-corrected chi connectivity index (χ1v) is 9.71. The number of nitrogens with one attached hydrogen (secondary N) is 2. The predicted octanol–water partition coefficient (Wildman–Crippen LogP) is 6.29. The van der Waals surface area contributed by atoms with Gasteiger partial charge in [-0.05, 0) is 71.4 Å². The van der Waals surface area contributed by atoms with Gasteiger partial charge in [-0.25, -0.2) is 4.79 Å². The summed E-state index contributed by atoms with van der Waals surface area (Å²) in [6.07, 6.45) is 0. The Hall–Kier alpha value is -4.19. The van der Waals surface area contributed by atoms with Crippen molar-refractivity contribution in [2.75, 3.05) is 24.9 Å². The van der Waals surface area contributed by atoms with Gasteiger partial charge in [-0.1, -0.05) is 24.3 Å². The van der Waals surface area contributed by atoms with Gasteiger partial charge in [0, 0.05) is 5.69 Å². The fraction of sp³-hybridized carbons (Fsp3) is 0.0800. The number of amides is 2. The lowest BCUT2D eigenvalue weighted by Gasteiger charge is -2.13. The molecule has 0 saturated carbocycles. The van der Waals surface area contributed by atoms with Crippen LogP contribution < -0.4 is 24.8 Å². The fourth-order valence-corrected chi connectivity index (χ4v) is 3.16. The minimum atomic E-state index is -0.364. The van der Waals surface area contributed by atoms with E-state index in [9.17, 15) is 4.79 Å². The van der Waals surface area contributed by atoms with Crippen molar-refractivity contribution in [1.82, 2.24) is 0 Å². The van der Waals surface area contributed by atoms with Crippen molar-refractivity contribution < 1.29 is 19.0 Å². The number of hydrogen-bond acceptors (Lipinski definition) is 4. The molecule has 156 valence electrons. The summed E-state index contributed by atoms with van der Waals surface area (Å²) in [4.78, 5) is 12.5. The lowest BCUT2D eigenvalue weighted by atomic mass is 10.1. The first kappa shape index (κ1) is 20.1. The highest BCUT2D eigenvalue weighted by atomic mass is 16.5. The Morgan fingerprint density at radius 2 is 1.26 bits per heavy atom. The van der Waals surface area contributed by atoms with Gasteiger partial charge in [0.1, 0.15) is 23.0 Å². The van der Waals surface area contributed by atoms with Gasteiger partial charge in [0.15, 0.2) is 0 Å². The molecule has 0 aliphatic heterocycles. The van der Waals surface area contributed by atoms with Gasteiger partial charge in [0.25, 0.3) is 0 Å². The molecule has 2 N–H and O–H groups in total. The molecule has 0 bridgehead atoms. The maximum Gasteiger partial charge on any atom is 0.323 e. The van der Waals surface area contributed by atoms with E-state index in [4.69, 9.17) is 14.2 Å². The zero-order chi connectivity index (χ0) is 21.6. The second-order valence-corrected chi connectivity index (χ2v) is 6.78. The number of methoxy groups -OCH3 is 2. The molecule has 4 rings (SSSR count). The number of carbonyl (C=O) groups excluding carboxylic acids is 1. The Bertz CT molecular complexity index is 1190. The number of anilines is 2. The average molecular weight is 414 g/mol. The first-order chi connectivity index (χ1) is 15.1. The number of rotatable bonds is 6. The van der Waals surface area contributed by atoms with Crippen LogP contribution in [0.4, 0.5) is 16.2 Å². The Labute approximate surface area is 180 Å². The molecule has 0 radical (unpaired) electrons. The molecular weight excluding hydrogens is 392 g/mol. The number of fused-ring (bicyclic) bond motifs is 1. The molecule has 0 saturated heterocycles. The lowest BCUT2D eigenvalue weighted by molar-refractivity contribution is 0.262. The Morgan fingerprint density at radius 3 is 1.87 bits per heavy atom. The van der Waals surface area contributed by atoms with E-state index in [-0.39, 0.29) is 6.03 Å². The van der Waals surface area contributed by atoms with Crippen LogP contribution in [-0.2, 0) is 0 Å². The average Bonchev–Trinajstić information content (AvgIpc) is 2.80. The van der Waals surface area contributed by atoms with Crippen LogP contribution in [0.25, 0.3) is 10.8 Å². The zero-order valence-corrected chi connectivity index (χ0v) is 17.2. The van der Waals surface area contributed by atoms with Crippen LogP contribution in [0.15, 0.2) is 84.9 Å².